The number of amides is 1. The van der Waals surface area contributed by atoms with E-state index in [1.165, 1.54) is 0 Å². The summed E-state index contributed by atoms with van der Waals surface area (Å²) in [5, 5.41) is 3.65. The number of imidazole rings is 1. The molecule has 0 aliphatic carbocycles. The highest BCUT2D eigenvalue weighted by Crippen LogP contribution is 2.29. The van der Waals surface area contributed by atoms with Crippen molar-refractivity contribution in [2.45, 2.75) is 26.2 Å². The van der Waals surface area contributed by atoms with Crippen molar-refractivity contribution in [1.82, 2.24) is 14.7 Å². The zero-order valence-corrected chi connectivity index (χ0v) is 15.2. The zero-order chi connectivity index (χ0) is 17.8. The van der Waals surface area contributed by atoms with Gasteiger partial charge in [0.2, 0.25) is 5.91 Å². The van der Waals surface area contributed by atoms with Crippen LogP contribution in [0.25, 0.3) is 5.65 Å². The Hall–Kier alpha value is -2.33. The summed E-state index contributed by atoms with van der Waals surface area (Å²) in [6, 6.07) is 13.8. The minimum Gasteiger partial charge on any atom is -0.356 e. The molecule has 0 fully saturated rings. The van der Waals surface area contributed by atoms with E-state index in [1.807, 2.05) is 59.3 Å². The van der Waals surface area contributed by atoms with Crippen LogP contribution < -0.4 is 5.32 Å². The molecule has 130 valence electrons. The maximum Gasteiger partial charge on any atom is 0.221 e. The van der Waals surface area contributed by atoms with Crippen LogP contribution >= 0.6 is 11.6 Å². The highest BCUT2D eigenvalue weighted by atomic mass is 35.5. The van der Waals surface area contributed by atoms with Gasteiger partial charge in [-0.05, 0) is 23.6 Å². The zero-order valence-electron chi connectivity index (χ0n) is 14.4. The van der Waals surface area contributed by atoms with Gasteiger partial charge in [-0.2, -0.15) is 0 Å². The highest BCUT2D eigenvalue weighted by Gasteiger charge is 2.21. The molecule has 0 spiro atoms. The lowest BCUT2D eigenvalue weighted by molar-refractivity contribution is -0.121. The number of aromatic nitrogens is 2. The molecule has 2 heterocycles. The first-order valence-corrected chi connectivity index (χ1v) is 8.86. The molecule has 0 aliphatic rings. The minimum absolute atomic E-state index is 0.0412. The molecular weight excluding hydrogens is 334 g/mol. The Labute approximate surface area is 152 Å². The Morgan fingerprint density at radius 3 is 2.68 bits per heavy atom. The Bertz CT molecular complexity index is 858. The molecule has 0 radical (unpaired) electrons. The molecule has 1 unspecified atom stereocenters. The molecule has 0 aliphatic heterocycles. The first-order valence-electron chi connectivity index (χ1n) is 8.48. The molecule has 1 amide bonds. The summed E-state index contributed by atoms with van der Waals surface area (Å²) < 4.78 is 1.97. The van der Waals surface area contributed by atoms with Gasteiger partial charge in [-0.25, -0.2) is 4.98 Å². The number of hydrogen-bond donors (Lipinski definition) is 1. The molecule has 2 aromatic heterocycles. The summed E-state index contributed by atoms with van der Waals surface area (Å²) in [5.41, 5.74) is 2.87. The van der Waals surface area contributed by atoms with E-state index in [1.54, 1.807) is 0 Å². The topological polar surface area (TPSA) is 46.4 Å². The van der Waals surface area contributed by atoms with Gasteiger partial charge in [-0.3, -0.25) is 4.79 Å². The Morgan fingerprint density at radius 2 is 1.96 bits per heavy atom. The van der Waals surface area contributed by atoms with Gasteiger partial charge in [0, 0.05) is 31.3 Å². The van der Waals surface area contributed by atoms with Gasteiger partial charge < -0.3 is 9.72 Å². The number of nitrogens with zero attached hydrogens (tertiary/aromatic N) is 2. The number of hydrogen-bond acceptors (Lipinski definition) is 2. The second-order valence-electron chi connectivity index (χ2n) is 6.62. The van der Waals surface area contributed by atoms with Crippen LogP contribution in [0, 0.1) is 5.92 Å². The van der Waals surface area contributed by atoms with Crippen LogP contribution in [0.4, 0.5) is 0 Å². The monoisotopic (exact) mass is 355 g/mol. The third kappa shape index (κ3) is 4.20. The first kappa shape index (κ1) is 17.5. The average molecular weight is 356 g/mol. The Balaban J connectivity index is 1.96. The molecule has 3 aromatic rings. The Morgan fingerprint density at radius 1 is 1.20 bits per heavy atom. The number of carbonyl (C=O) groups is 1. The second-order valence-corrected chi connectivity index (χ2v) is 7.06. The molecular formula is C20H22ClN3O. The lowest BCUT2D eigenvalue weighted by atomic mass is 9.92. The third-order valence-corrected chi connectivity index (χ3v) is 4.38. The summed E-state index contributed by atoms with van der Waals surface area (Å²) in [5.74, 6) is 0.384. The summed E-state index contributed by atoms with van der Waals surface area (Å²) in [7, 11) is 0. The third-order valence-electron chi connectivity index (χ3n) is 4.15. The van der Waals surface area contributed by atoms with Crippen LogP contribution in [0.1, 0.15) is 37.4 Å². The maximum absolute atomic E-state index is 12.5. The van der Waals surface area contributed by atoms with Crippen LogP contribution in [-0.4, -0.2) is 21.8 Å². The fourth-order valence-corrected chi connectivity index (χ4v) is 3.05. The number of fused-ring (bicyclic) bond motifs is 1. The summed E-state index contributed by atoms with van der Waals surface area (Å²) in [6.07, 6.45) is 4.05. The second kappa shape index (κ2) is 7.70. The van der Waals surface area contributed by atoms with E-state index in [-0.39, 0.29) is 11.8 Å². The first-order chi connectivity index (χ1) is 12.0. The van der Waals surface area contributed by atoms with Gasteiger partial charge >= 0.3 is 0 Å². The van der Waals surface area contributed by atoms with Crippen LogP contribution in [0.5, 0.6) is 0 Å². The fourth-order valence-electron chi connectivity index (χ4n) is 2.89. The van der Waals surface area contributed by atoms with E-state index in [0.717, 1.165) is 16.9 Å². The van der Waals surface area contributed by atoms with Gasteiger partial charge in [0.1, 0.15) is 5.65 Å². The fraction of sp³-hybridized carbons (Fsp3) is 0.300. The molecule has 3 rings (SSSR count). The number of rotatable bonds is 6. The lowest BCUT2D eigenvalue weighted by Crippen LogP contribution is -2.29. The van der Waals surface area contributed by atoms with Crippen molar-refractivity contribution >= 4 is 23.2 Å². The van der Waals surface area contributed by atoms with E-state index in [2.05, 4.69) is 24.1 Å². The van der Waals surface area contributed by atoms with Crippen molar-refractivity contribution in [1.29, 1.82) is 0 Å². The molecule has 4 nitrogen and oxygen atoms in total. The van der Waals surface area contributed by atoms with Crippen molar-refractivity contribution in [2.75, 3.05) is 6.54 Å². The van der Waals surface area contributed by atoms with E-state index >= 15 is 0 Å². The van der Waals surface area contributed by atoms with Gasteiger partial charge in [0.25, 0.3) is 0 Å². The number of benzene rings is 1. The quantitative estimate of drug-likeness (QED) is 0.717. The SMILES string of the molecule is CC(C)CNC(=O)CC(c1ccccc1)c1cnc2ccc(Cl)cn12. The van der Waals surface area contributed by atoms with E-state index in [4.69, 9.17) is 11.6 Å². The van der Waals surface area contributed by atoms with Crippen LogP contribution in [0.15, 0.2) is 54.9 Å². The van der Waals surface area contributed by atoms with Crippen molar-refractivity contribution in [3.05, 3.63) is 71.1 Å². The minimum atomic E-state index is -0.0816. The summed E-state index contributed by atoms with van der Waals surface area (Å²) in [4.78, 5) is 16.9. The molecule has 25 heavy (non-hydrogen) atoms. The predicted molar refractivity (Wildman–Crippen MR) is 101 cm³/mol. The smallest absolute Gasteiger partial charge is 0.221 e. The highest BCUT2D eigenvalue weighted by molar-refractivity contribution is 6.30. The maximum atomic E-state index is 12.5. The molecule has 1 aromatic carbocycles. The molecule has 1 N–H and O–H groups in total. The number of halogens is 1. The van der Waals surface area contributed by atoms with Crippen molar-refractivity contribution in [3.63, 3.8) is 0 Å². The van der Waals surface area contributed by atoms with Gasteiger partial charge in [0.15, 0.2) is 0 Å². The molecule has 0 saturated heterocycles. The molecule has 1 atom stereocenters. The normalized spacial score (nSPS) is 12.5. The molecule has 5 heteroatoms. The average Bonchev–Trinajstić information content (AvgIpc) is 3.01. The van der Waals surface area contributed by atoms with Crippen molar-refractivity contribution in [3.8, 4) is 0 Å². The van der Waals surface area contributed by atoms with Crippen molar-refractivity contribution < 1.29 is 4.79 Å². The van der Waals surface area contributed by atoms with E-state index in [9.17, 15) is 4.79 Å². The van der Waals surface area contributed by atoms with Crippen molar-refractivity contribution in [2.24, 2.45) is 5.92 Å². The van der Waals surface area contributed by atoms with Crippen LogP contribution in [0.2, 0.25) is 5.02 Å². The lowest BCUT2D eigenvalue weighted by Gasteiger charge is -2.18. The number of carbonyl (C=O) groups excluding carboxylic acids is 1. The number of nitrogens with one attached hydrogen (secondary N) is 1. The van der Waals surface area contributed by atoms with Crippen LogP contribution in [0.3, 0.4) is 0 Å². The van der Waals surface area contributed by atoms with Crippen LogP contribution in [-0.2, 0) is 4.79 Å². The molecule has 0 saturated carbocycles. The largest absolute Gasteiger partial charge is 0.356 e. The molecule has 0 bridgehead atoms. The standard InChI is InChI=1S/C20H22ClN3O/c1-14(2)11-23-20(25)10-17(15-6-4-3-5-7-15)18-12-22-19-9-8-16(21)13-24(18)19/h3-9,12-14,17H,10-11H2,1-2H3,(H,23,25). The van der Waals surface area contributed by atoms with Gasteiger partial charge in [0.05, 0.1) is 10.7 Å². The summed E-state index contributed by atoms with van der Waals surface area (Å²) in [6.45, 7) is 4.85. The van der Waals surface area contributed by atoms with E-state index in [0.29, 0.717) is 23.9 Å². The Kier molecular flexibility index (Phi) is 5.39. The van der Waals surface area contributed by atoms with E-state index < -0.39 is 0 Å². The van der Waals surface area contributed by atoms with Gasteiger partial charge in [-0.15, -0.1) is 0 Å². The summed E-state index contributed by atoms with van der Waals surface area (Å²) >= 11 is 6.16. The predicted octanol–water partition coefficient (Wildman–Crippen LogP) is 4.28. The van der Waals surface area contributed by atoms with Gasteiger partial charge in [-0.1, -0.05) is 55.8 Å². The number of pyridine rings is 1.